The zero-order valence-corrected chi connectivity index (χ0v) is 10.6. The number of amides is 1. The number of ether oxygens (including phenoxy) is 1. The Kier molecular flexibility index (Phi) is 3.06. The summed E-state index contributed by atoms with van der Waals surface area (Å²) in [7, 11) is 0. The number of carbonyl (C=O) groups is 1. The van der Waals surface area contributed by atoms with Crippen molar-refractivity contribution in [3.05, 3.63) is 23.8 Å². The van der Waals surface area contributed by atoms with Crippen LogP contribution in [0.5, 0.6) is 11.5 Å². The molecule has 1 aromatic carbocycles. The highest BCUT2D eigenvalue weighted by molar-refractivity contribution is 5.97. The minimum Gasteiger partial charge on any atom is -0.508 e. The van der Waals surface area contributed by atoms with Crippen LogP contribution in [-0.4, -0.2) is 46.3 Å². The number of hydrogen-bond acceptors (Lipinski definition) is 4. The predicted molar refractivity (Wildman–Crippen MR) is 68.2 cm³/mol. The van der Waals surface area contributed by atoms with Gasteiger partial charge in [0, 0.05) is 6.07 Å². The molecule has 5 nitrogen and oxygen atoms in total. The van der Waals surface area contributed by atoms with Crippen LogP contribution in [0.3, 0.4) is 0 Å². The van der Waals surface area contributed by atoms with E-state index in [1.54, 1.807) is 0 Å². The molecule has 2 heterocycles. The van der Waals surface area contributed by atoms with Crippen LogP contribution < -0.4 is 0 Å². The van der Waals surface area contributed by atoms with Gasteiger partial charge in [0.2, 0.25) is 0 Å². The molecule has 2 bridgehead atoms. The highest BCUT2D eigenvalue weighted by atomic mass is 16.5. The summed E-state index contributed by atoms with van der Waals surface area (Å²) < 4.78 is 5.51. The van der Waals surface area contributed by atoms with Gasteiger partial charge in [-0.05, 0) is 31.4 Å². The van der Waals surface area contributed by atoms with E-state index in [1.807, 2.05) is 4.90 Å². The number of piperidine rings is 1. The first-order chi connectivity index (χ1) is 9.16. The van der Waals surface area contributed by atoms with Gasteiger partial charge in [0.05, 0.1) is 30.9 Å². The molecule has 2 aliphatic rings. The number of fused-ring (bicyclic) bond motifs is 2. The van der Waals surface area contributed by atoms with Gasteiger partial charge < -0.3 is 19.8 Å². The van der Waals surface area contributed by atoms with Crippen LogP contribution in [0.15, 0.2) is 18.2 Å². The SMILES string of the molecule is O=C(c1ccc(O)cc1O)N1C2CCCC1COC2. The lowest BCUT2D eigenvalue weighted by atomic mass is 9.93. The van der Waals surface area contributed by atoms with Crippen LogP contribution in [0.2, 0.25) is 0 Å². The average Bonchev–Trinajstić information content (AvgIpc) is 2.37. The molecular weight excluding hydrogens is 246 g/mol. The molecule has 2 atom stereocenters. The smallest absolute Gasteiger partial charge is 0.258 e. The predicted octanol–water partition coefficient (Wildman–Crippen LogP) is 1.49. The topological polar surface area (TPSA) is 70.0 Å². The number of carbonyl (C=O) groups excluding carboxylic acids is 1. The normalized spacial score (nSPS) is 26.2. The summed E-state index contributed by atoms with van der Waals surface area (Å²) in [6.45, 7) is 1.14. The molecule has 19 heavy (non-hydrogen) atoms. The van der Waals surface area contributed by atoms with Gasteiger partial charge in [-0.2, -0.15) is 0 Å². The molecule has 102 valence electrons. The first kappa shape index (κ1) is 12.3. The Bertz CT molecular complexity index is 480. The Morgan fingerprint density at radius 3 is 2.53 bits per heavy atom. The fourth-order valence-electron chi connectivity index (χ4n) is 3.00. The lowest BCUT2D eigenvalue weighted by Crippen LogP contribution is -2.57. The number of hydrogen-bond donors (Lipinski definition) is 2. The van der Waals surface area contributed by atoms with E-state index in [0.717, 1.165) is 19.3 Å². The largest absolute Gasteiger partial charge is 0.508 e. The van der Waals surface area contributed by atoms with Crippen LogP contribution in [0.25, 0.3) is 0 Å². The average molecular weight is 263 g/mol. The van der Waals surface area contributed by atoms with E-state index in [0.29, 0.717) is 13.2 Å². The van der Waals surface area contributed by atoms with Gasteiger partial charge >= 0.3 is 0 Å². The molecule has 2 saturated heterocycles. The monoisotopic (exact) mass is 263 g/mol. The van der Waals surface area contributed by atoms with E-state index in [9.17, 15) is 15.0 Å². The van der Waals surface area contributed by atoms with Crippen molar-refractivity contribution in [3.63, 3.8) is 0 Å². The van der Waals surface area contributed by atoms with Crippen LogP contribution in [0.1, 0.15) is 29.6 Å². The molecule has 2 N–H and O–H groups in total. The van der Waals surface area contributed by atoms with Gasteiger partial charge in [0.25, 0.3) is 5.91 Å². The van der Waals surface area contributed by atoms with E-state index in [-0.39, 0.29) is 35.1 Å². The number of aromatic hydroxyl groups is 2. The Morgan fingerprint density at radius 2 is 1.89 bits per heavy atom. The molecule has 2 unspecified atom stereocenters. The first-order valence-corrected chi connectivity index (χ1v) is 6.59. The summed E-state index contributed by atoms with van der Waals surface area (Å²) in [4.78, 5) is 14.4. The second kappa shape index (κ2) is 4.74. The summed E-state index contributed by atoms with van der Waals surface area (Å²) in [5.41, 5.74) is 0.247. The third kappa shape index (κ3) is 2.14. The molecule has 0 aromatic heterocycles. The molecule has 0 spiro atoms. The minimum atomic E-state index is -0.172. The van der Waals surface area contributed by atoms with E-state index < -0.39 is 0 Å². The molecule has 2 fully saturated rings. The van der Waals surface area contributed by atoms with Gasteiger partial charge in [-0.1, -0.05) is 0 Å². The maximum Gasteiger partial charge on any atom is 0.258 e. The van der Waals surface area contributed by atoms with Crippen LogP contribution in [-0.2, 0) is 4.74 Å². The summed E-state index contributed by atoms with van der Waals surface area (Å²) in [5, 5.41) is 19.1. The second-order valence-electron chi connectivity index (χ2n) is 5.19. The third-order valence-corrected chi connectivity index (χ3v) is 3.93. The second-order valence-corrected chi connectivity index (χ2v) is 5.19. The molecule has 1 aromatic rings. The van der Waals surface area contributed by atoms with Crippen molar-refractivity contribution in [1.29, 1.82) is 0 Å². The van der Waals surface area contributed by atoms with E-state index in [2.05, 4.69) is 0 Å². The number of phenolic OH excluding ortho intramolecular Hbond substituents is 2. The summed E-state index contributed by atoms with van der Waals surface area (Å²) in [5.74, 6) is -0.388. The Labute approximate surface area is 111 Å². The molecule has 5 heteroatoms. The van der Waals surface area contributed by atoms with Gasteiger partial charge in [0.15, 0.2) is 0 Å². The minimum absolute atomic E-state index is 0.0452. The van der Waals surface area contributed by atoms with Gasteiger partial charge in [-0.15, -0.1) is 0 Å². The molecule has 1 amide bonds. The van der Waals surface area contributed by atoms with E-state index >= 15 is 0 Å². The number of morpholine rings is 1. The molecule has 2 aliphatic heterocycles. The van der Waals surface area contributed by atoms with Crippen molar-refractivity contribution in [2.75, 3.05) is 13.2 Å². The molecule has 0 radical (unpaired) electrons. The molecule has 3 rings (SSSR count). The van der Waals surface area contributed by atoms with E-state index in [4.69, 9.17) is 4.74 Å². The summed E-state index contributed by atoms with van der Waals surface area (Å²) in [6.07, 6.45) is 3.01. The van der Waals surface area contributed by atoms with Gasteiger partial charge in [-0.25, -0.2) is 0 Å². The third-order valence-electron chi connectivity index (χ3n) is 3.93. The van der Waals surface area contributed by atoms with Crippen LogP contribution in [0, 0.1) is 0 Å². The fraction of sp³-hybridized carbons (Fsp3) is 0.500. The number of benzene rings is 1. The molecule has 0 saturated carbocycles. The number of nitrogens with zero attached hydrogens (tertiary/aromatic N) is 1. The van der Waals surface area contributed by atoms with Crippen molar-refractivity contribution in [1.82, 2.24) is 4.90 Å². The summed E-state index contributed by atoms with van der Waals surface area (Å²) >= 11 is 0. The van der Waals surface area contributed by atoms with Crippen molar-refractivity contribution in [2.45, 2.75) is 31.3 Å². The zero-order chi connectivity index (χ0) is 13.4. The van der Waals surface area contributed by atoms with Crippen LogP contribution in [0.4, 0.5) is 0 Å². The van der Waals surface area contributed by atoms with Crippen molar-refractivity contribution in [2.24, 2.45) is 0 Å². The van der Waals surface area contributed by atoms with Crippen molar-refractivity contribution in [3.8, 4) is 11.5 Å². The quantitative estimate of drug-likeness (QED) is 0.805. The maximum absolute atomic E-state index is 12.6. The number of phenols is 2. The Balaban J connectivity index is 1.90. The molecular formula is C14H17NO4. The lowest BCUT2D eigenvalue weighted by molar-refractivity contribution is -0.0566. The summed E-state index contributed by atoms with van der Waals surface area (Å²) in [6, 6.07) is 4.30. The fourth-order valence-corrected chi connectivity index (χ4v) is 3.00. The maximum atomic E-state index is 12.6. The Morgan fingerprint density at radius 1 is 1.21 bits per heavy atom. The lowest BCUT2D eigenvalue weighted by Gasteiger charge is -2.45. The first-order valence-electron chi connectivity index (χ1n) is 6.59. The number of rotatable bonds is 1. The highest BCUT2D eigenvalue weighted by Crippen LogP contribution is 2.31. The zero-order valence-electron chi connectivity index (χ0n) is 10.6. The van der Waals surface area contributed by atoms with Gasteiger partial charge in [0.1, 0.15) is 11.5 Å². The van der Waals surface area contributed by atoms with Crippen molar-refractivity contribution < 1.29 is 19.7 Å². The van der Waals surface area contributed by atoms with E-state index in [1.165, 1.54) is 18.2 Å². The molecule has 0 aliphatic carbocycles. The standard InChI is InChI=1S/C14H17NO4/c16-11-4-5-12(13(17)6-11)14(18)15-9-2-1-3-10(15)8-19-7-9/h4-6,9-10,16-17H,1-3,7-8H2. The Hall–Kier alpha value is -1.75. The van der Waals surface area contributed by atoms with Crippen molar-refractivity contribution >= 4 is 5.91 Å². The van der Waals surface area contributed by atoms with Gasteiger partial charge in [-0.3, -0.25) is 4.79 Å². The van der Waals surface area contributed by atoms with Crippen LogP contribution >= 0.6 is 0 Å². The highest BCUT2D eigenvalue weighted by Gasteiger charge is 2.38.